The Balaban J connectivity index is 1.58. The van der Waals surface area contributed by atoms with Crippen molar-refractivity contribution in [1.82, 2.24) is 14.9 Å². The Morgan fingerprint density at radius 2 is 1.73 bits per heavy atom. The minimum Gasteiger partial charge on any atom is -0.378 e. The van der Waals surface area contributed by atoms with Gasteiger partial charge in [0.1, 0.15) is 0 Å². The molecule has 1 saturated carbocycles. The van der Waals surface area contributed by atoms with Crippen LogP contribution in [0.1, 0.15) is 48.9 Å². The van der Waals surface area contributed by atoms with Crippen molar-refractivity contribution in [2.24, 2.45) is 0 Å². The highest BCUT2D eigenvalue weighted by Crippen LogP contribution is 2.19. The summed E-state index contributed by atoms with van der Waals surface area (Å²) < 4.78 is 5.26. The van der Waals surface area contributed by atoms with Crippen molar-refractivity contribution in [1.29, 1.82) is 0 Å². The number of nitrogens with one attached hydrogen (secondary N) is 1. The van der Waals surface area contributed by atoms with E-state index in [1.54, 1.807) is 17.3 Å². The van der Waals surface area contributed by atoms with Gasteiger partial charge in [0.05, 0.1) is 18.8 Å². The summed E-state index contributed by atoms with van der Waals surface area (Å²) in [6.07, 6.45) is 10.8. The Morgan fingerprint density at radius 1 is 1.09 bits per heavy atom. The normalized spacial score (nSPS) is 20.5. The second-order valence-electron chi connectivity index (χ2n) is 6.03. The summed E-state index contributed by atoms with van der Waals surface area (Å²) in [5.41, 5.74) is 0.549. The molecule has 1 N–H and O–H groups in total. The van der Waals surface area contributed by atoms with Crippen molar-refractivity contribution >= 4 is 11.9 Å². The molecule has 0 unspecified atom stereocenters. The fraction of sp³-hybridized carbons (Fsp3) is 0.688. The number of carbonyl (C=O) groups excluding carboxylic acids is 1. The van der Waals surface area contributed by atoms with E-state index in [1.165, 1.54) is 38.5 Å². The number of aromatic nitrogens is 2. The number of morpholine rings is 1. The van der Waals surface area contributed by atoms with Crippen molar-refractivity contribution in [2.75, 3.05) is 31.6 Å². The molecule has 2 heterocycles. The molecule has 0 bridgehead atoms. The molecule has 120 valence electrons. The molecule has 6 heteroatoms. The number of ether oxygens (including phenoxy) is 1. The van der Waals surface area contributed by atoms with Crippen LogP contribution in [0.4, 0.5) is 5.95 Å². The van der Waals surface area contributed by atoms with Gasteiger partial charge in [-0.3, -0.25) is 4.79 Å². The third kappa shape index (κ3) is 3.94. The number of hydrogen-bond acceptors (Lipinski definition) is 5. The molecule has 1 aromatic rings. The molecular weight excluding hydrogens is 280 g/mol. The minimum absolute atomic E-state index is 0.00989. The van der Waals surface area contributed by atoms with Crippen LogP contribution < -0.4 is 5.32 Å². The van der Waals surface area contributed by atoms with Crippen molar-refractivity contribution in [2.45, 2.75) is 44.6 Å². The fourth-order valence-corrected chi connectivity index (χ4v) is 3.07. The molecule has 22 heavy (non-hydrogen) atoms. The molecule has 6 nitrogen and oxygen atoms in total. The zero-order valence-electron chi connectivity index (χ0n) is 13.0. The SMILES string of the molecule is O=C(c1cnc(NC2CCCCCC2)nc1)N1CCOCC1. The van der Waals surface area contributed by atoms with Crippen LogP contribution in [0, 0.1) is 0 Å². The van der Waals surface area contributed by atoms with E-state index >= 15 is 0 Å². The lowest BCUT2D eigenvalue weighted by Gasteiger charge is -2.26. The Kier molecular flexibility index (Phi) is 5.21. The van der Waals surface area contributed by atoms with E-state index in [2.05, 4.69) is 15.3 Å². The molecular formula is C16H24N4O2. The second kappa shape index (κ2) is 7.54. The van der Waals surface area contributed by atoms with Crippen LogP contribution >= 0.6 is 0 Å². The monoisotopic (exact) mass is 304 g/mol. The number of amides is 1. The second-order valence-corrected chi connectivity index (χ2v) is 6.03. The minimum atomic E-state index is -0.00989. The molecule has 0 atom stereocenters. The summed E-state index contributed by atoms with van der Waals surface area (Å²) in [5.74, 6) is 0.620. The maximum Gasteiger partial charge on any atom is 0.257 e. The highest BCUT2D eigenvalue weighted by atomic mass is 16.5. The highest BCUT2D eigenvalue weighted by molar-refractivity contribution is 5.93. The third-order valence-electron chi connectivity index (χ3n) is 4.39. The van der Waals surface area contributed by atoms with Crippen LogP contribution in [0.5, 0.6) is 0 Å². The van der Waals surface area contributed by atoms with E-state index in [0.717, 1.165) is 0 Å². The third-order valence-corrected chi connectivity index (χ3v) is 4.39. The van der Waals surface area contributed by atoms with Crippen LogP contribution in [0.25, 0.3) is 0 Å². The predicted molar refractivity (Wildman–Crippen MR) is 83.9 cm³/mol. The van der Waals surface area contributed by atoms with Gasteiger partial charge >= 0.3 is 0 Å². The van der Waals surface area contributed by atoms with Gasteiger partial charge in [-0.05, 0) is 12.8 Å². The molecule has 1 aliphatic carbocycles. The largest absolute Gasteiger partial charge is 0.378 e. The first kappa shape index (κ1) is 15.2. The van der Waals surface area contributed by atoms with Crippen molar-refractivity contribution in [3.05, 3.63) is 18.0 Å². The summed E-state index contributed by atoms with van der Waals surface area (Å²) in [5, 5.41) is 3.40. The molecule has 1 aliphatic heterocycles. The van der Waals surface area contributed by atoms with Gasteiger partial charge in [-0.2, -0.15) is 0 Å². The zero-order valence-corrected chi connectivity index (χ0v) is 13.0. The summed E-state index contributed by atoms with van der Waals surface area (Å²) in [4.78, 5) is 22.7. The van der Waals surface area contributed by atoms with E-state index in [9.17, 15) is 4.79 Å². The lowest BCUT2D eigenvalue weighted by atomic mass is 10.1. The van der Waals surface area contributed by atoms with Crippen LogP contribution in [-0.2, 0) is 4.74 Å². The van der Waals surface area contributed by atoms with Crippen molar-refractivity contribution < 1.29 is 9.53 Å². The fourth-order valence-electron chi connectivity index (χ4n) is 3.07. The molecule has 0 aromatic carbocycles. The molecule has 0 spiro atoms. The lowest BCUT2D eigenvalue weighted by molar-refractivity contribution is 0.0302. The molecule has 0 radical (unpaired) electrons. The van der Waals surface area contributed by atoms with Gasteiger partial charge < -0.3 is 15.0 Å². The van der Waals surface area contributed by atoms with Gasteiger partial charge in [-0.25, -0.2) is 9.97 Å². The van der Waals surface area contributed by atoms with E-state index < -0.39 is 0 Å². The van der Waals surface area contributed by atoms with Crippen molar-refractivity contribution in [3.63, 3.8) is 0 Å². The van der Waals surface area contributed by atoms with Crippen molar-refractivity contribution in [3.8, 4) is 0 Å². The van der Waals surface area contributed by atoms with Crippen LogP contribution in [-0.4, -0.2) is 53.1 Å². The smallest absolute Gasteiger partial charge is 0.257 e. The summed E-state index contributed by atoms with van der Waals surface area (Å²) in [7, 11) is 0. The average Bonchev–Trinajstić information content (AvgIpc) is 2.84. The average molecular weight is 304 g/mol. The number of carbonyl (C=O) groups is 1. The number of anilines is 1. The first-order valence-corrected chi connectivity index (χ1v) is 8.28. The van der Waals surface area contributed by atoms with Gasteiger partial charge in [0.2, 0.25) is 5.95 Å². The quantitative estimate of drug-likeness (QED) is 0.866. The summed E-state index contributed by atoms with van der Waals surface area (Å²) in [6.45, 7) is 2.49. The molecule has 1 amide bonds. The Bertz CT molecular complexity index is 477. The molecule has 1 aromatic heterocycles. The van der Waals surface area contributed by atoms with E-state index in [0.29, 0.717) is 43.9 Å². The van der Waals surface area contributed by atoms with Crippen LogP contribution in [0.3, 0.4) is 0 Å². The topological polar surface area (TPSA) is 67.4 Å². The molecule has 2 fully saturated rings. The Morgan fingerprint density at radius 3 is 2.36 bits per heavy atom. The van der Waals surface area contributed by atoms with Gasteiger partial charge in [0, 0.05) is 31.5 Å². The Labute approximate surface area is 131 Å². The first-order chi connectivity index (χ1) is 10.8. The van der Waals surface area contributed by atoms with Gasteiger partial charge in [0.25, 0.3) is 5.91 Å². The number of rotatable bonds is 3. The maximum absolute atomic E-state index is 12.3. The molecule has 1 saturated heterocycles. The standard InChI is InChI=1S/C16H24N4O2/c21-15(20-7-9-22-10-8-20)13-11-17-16(18-12-13)19-14-5-3-1-2-4-6-14/h11-12,14H,1-10H2,(H,17,18,19). The van der Waals surface area contributed by atoms with Gasteiger partial charge in [-0.15, -0.1) is 0 Å². The summed E-state index contributed by atoms with van der Waals surface area (Å²) >= 11 is 0. The lowest BCUT2D eigenvalue weighted by Crippen LogP contribution is -2.40. The molecule has 3 rings (SSSR count). The first-order valence-electron chi connectivity index (χ1n) is 8.28. The van der Waals surface area contributed by atoms with E-state index in [1.807, 2.05) is 0 Å². The summed E-state index contributed by atoms with van der Waals surface area (Å²) in [6, 6.07) is 0.461. The zero-order chi connectivity index (χ0) is 15.2. The maximum atomic E-state index is 12.3. The highest BCUT2D eigenvalue weighted by Gasteiger charge is 2.19. The van der Waals surface area contributed by atoms with Gasteiger partial charge in [-0.1, -0.05) is 25.7 Å². The van der Waals surface area contributed by atoms with Crippen LogP contribution in [0.2, 0.25) is 0 Å². The number of hydrogen-bond donors (Lipinski definition) is 1. The number of nitrogens with zero attached hydrogens (tertiary/aromatic N) is 3. The predicted octanol–water partition coefficient (Wildman–Crippen LogP) is 2.08. The van der Waals surface area contributed by atoms with Gasteiger partial charge in [0.15, 0.2) is 0 Å². The van der Waals surface area contributed by atoms with Crippen LogP contribution in [0.15, 0.2) is 12.4 Å². The van der Waals surface area contributed by atoms with E-state index in [4.69, 9.17) is 4.74 Å². The van der Waals surface area contributed by atoms with E-state index in [-0.39, 0.29) is 5.91 Å². The Hall–Kier alpha value is -1.69. The molecule has 2 aliphatic rings.